The van der Waals surface area contributed by atoms with Gasteiger partial charge in [0.2, 0.25) is 5.89 Å². The number of hydrogen-bond donors (Lipinski definition) is 1. The Balaban J connectivity index is 1.74. The fourth-order valence-electron chi connectivity index (χ4n) is 2.21. The molecule has 6 nitrogen and oxygen atoms in total. The number of H-pyrrole nitrogens is 1. The van der Waals surface area contributed by atoms with Crippen LogP contribution in [0.15, 0.2) is 51.8 Å². The van der Waals surface area contributed by atoms with Gasteiger partial charge in [-0.25, -0.2) is 9.78 Å². The zero-order chi connectivity index (χ0) is 17.1. The number of aryl methyl sites for hydroxylation is 2. The van der Waals surface area contributed by atoms with Crippen LogP contribution in [0.5, 0.6) is 0 Å². The molecule has 0 amide bonds. The van der Waals surface area contributed by atoms with Gasteiger partial charge in [0.05, 0.1) is 0 Å². The molecule has 0 unspecified atom stereocenters. The monoisotopic (exact) mass is 324 g/mol. The van der Waals surface area contributed by atoms with E-state index in [9.17, 15) is 9.59 Å². The van der Waals surface area contributed by atoms with Gasteiger partial charge in [-0.2, -0.15) is 0 Å². The van der Waals surface area contributed by atoms with E-state index >= 15 is 0 Å². The van der Waals surface area contributed by atoms with Crippen molar-refractivity contribution in [2.24, 2.45) is 0 Å². The first-order chi connectivity index (χ1) is 11.5. The molecular weight excluding hydrogens is 308 g/mol. The number of aromatic nitrogens is 2. The van der Waals surface area contributed by atoms with Crippen molar-refractivity contribution in [2.75, 3.05) is 0 Å². The van der Waals surface area contributed by atoms with Crippen LogP contribution in [0, 0.1) is 13.8 Å². The van der Waals surface area contributed by atoms with Crippen LogP contribution in [0.25, 0.3) is 11.5 Å². The van der Waals surface area contributed by atoms with Gasteiger partial charge < -0.3 is 14.1 Å². The summed E-state index contributed by atoms with van der Waals surface area (Å²) in [7, 11) is 0. The summed E-state index contributed by atoms with van der Waals surface area (Å²) in [5, 5.41) is 0. The zero-order valence-corrected chi connectivity index (χ0v) is 13.3. The van der Waals surface area contributed by atoms with E-state index < -0.39 is 5.97 Å². The molecule has 0 fully saturated rings. The third-order valence-electron chi connectivity index (χ3n) is 3.53. The molecule has 1 aromatic carbocycles. The van der Waals surface area contributed by atoms with Crippen molar-refractivity contribution in [2.45, 2.75) is 20.5 Å². The summed E-state index contributed by atoms with van der Waals surface area (Å²) >= 11 is 0. The van der Waals surface area contributed by atoms with Crippen molar-refractivity contribution >= 4 is 5.97 Å². The molecule has 3 rings (SSSR count). The van der Waals surface area contributed by atoms with Gasteiger partial charge in [-0.05, 0) is 26.0 Å². The number of pyridine rings is 1. The first-order valence-corrected chi connectivity index (χ1v) is 7.43. The van der Waals surface area contributed by atoms with Gasteiger partial charge in [-0.1, -0.05) is 18.2 Å². The fourth-order valence-corrected chi connectivity index (χ4v) is 2.21. The van der Waals surface area contributed by atoms with Crippen molar-refractivity contribution in [3.05, 3.63) is 75.5 Å². The summed E-state index contributed by atoms with van der Waals surface area (Å²) in [6.07, 6.45) is 1.35. The number of hydrogen-bond acceptors (Lipinski definition) is 5. The van der Waals surface area contributed by atoms with E-state index in [1.807, 2.05) is 30.3 Å². The molecule has 0 aliphatic carbocycles. The first kappa shape index (κ1) is 15.7. The van der Waals surface area contributed by atoms with E-state index in [1.54, 1.807) is 13.8 Å². The summed E-state index contributed by atoms with van der Waals surface area (Å²) in [6.45, 7) is 3.43. The lowest BCUT2D eigenvalue weighted by Crippen LogP contribution is -2.17. The van der Waals surface area contributed by atoms with E-state index in [0.717, 1.165) is 5.56 Å². The second-order valence-electron chi connectivity index (χ2n) is 5.36. The van der Waals surface area contributed by atoms with Crippen LogP contribution in [-0.4, -0.2) is 15.9 Å². The van der Waals surface area contributed by atoms with Gasteiger partial charge in [0, 0.05) is 23.5 Å². The summed E-state index contributed by atoms with van der Waals surface area (Å²) in [4.78, 5) is 31.0. The molecule has 0 bridgehead atoms. The molecule has 0 aliphatic heterocycles. The highest BCUT2D eigenvalue weighted by Crippen LogP contribution is 2.21. The Morgan fingerprint density at radius 1 is 1.25 bits per heavy atom. The van der Waals surface area contributed by atoms with Crippen LogP contribution in [0.4, 0.5) is 0 Å². The molecule has 6 heteroatoms. The Morgan fingerprint density at radius 2 is 2.00 bits per heavy atom. The topological polar surface area (TPSA) is 85.2 Å². The van der Waals surface area contributed by atoms with E-state index in [4.69, 9.17) is 9.15 Å². The lowest BCUT2D eigenvalue weighted by molar-refractivity contribution is 0.0465. The molecule has 24 heavy (non-hydrogen) atoms. The van der Waals surface area contributed by atoms with Crippen molar-refractivity contribution in [1.29, 1.82) is 0 Å². The van der Waals surface area contributed by atoms with Crippen LogP contribution in [-0.2, 0) is 11.3 Å². The number of carbonyl (C=O) groups excluding carboxylic acids is 1. The van der Waals surface area contributed by atoms with Gasteiger partial charge in [-0.15, -0.1) is 0 Å². The minimum Gasteiger partial charge on any atom is -0.455 e. The molecular formula is C18H16N2O4. The minimum absolute atomic E-state index is 0.0370. The van der Waals surface area contributed by atoms with Crippen LogP contribution < -0.4 is 5.43 Å². The van der Waals surface area contributed by atoms with Crippen molar-refractivity contribution in [1.82, 2.24) is 9.97 Å². The minimum atomic E-state index is -0.695. The van der Waals surface area contributed by atoms with E-state index in [-0.39, 0.29) is 17.6 Å². The lowest BCUT2D eigenvalue weighted by Gasteiger charge is -2.03. The van der Waals surface area contributed by atoms with E-state index in [0.29, 0.717) is 23.0 Å². The molecule has 3 aromatic rings. The maximum atomic E-state index is 12.0. The second kappa shape index (κ2) is 6.54. The van der Waals surface area contributed by atoms with Crippen molar-refractivity contribution in [3.63, 3.8) is 0 Å². The average Bonchev–Trinajstić information content (AvgIpc) is 2.94. The number of esters is 1. The van der Waals surface area contributed by atoms with E-state index in [1.165, 1.54) is 12.3 Å². The Labute approximate surface area is 138 Å². The Bertz CT molecular complexity index is 926. The average molecular weight is 324 g/mol. The predicted octanol–water partition coefficient (Wildman–Crippen LogP) is 3.00. The number of oxazole rings is 1. The molecule has 2 heterocycles. The number of rotatable bonds is 4. The quantitative estimate of drug-likeness (QED) is 0.746. The zero-order valence-electron chi connectivity index (χ0n) is 13.3. The highest BCUT2D eigenvalue weighted by Gasteiger charge is 2.16. The third kappa shape index (κ3) is 3.27. The summed E-state index contributed by atoms with van der Waals surface area (Å²) in [6, 6.07) is 10.8. The molecule has 0 saturated heterocycles. The van der Waals surface area contributed by atoms with Crippen LogP contribution >= 0.6 is 0 Å². The summed E-state index contributed by atoms with van der Waals surface area (Å²) in [5.41, 5.74) is 1.62. The number of aromatic amines is 1. The second-order valence-corrected chi connectivity index (χ2v) is 5.36. The molecule has 0 atom stereocenters. The number of nitrogens with one attached hydrogen (secondary N) is 1. The van der Waals surface area contributed by atoms with Gasteiger partial charge in [0.25, 0.3) is 0 Å². The molecule has 1 N–H and O–H groups in total. The van der Waals surface area contributed by atoms with Crippen molar-refractivity contribution < 1.29 is 13.9 Å². The number of nitrogens with zero attached hydrogens (tertiary/aromatic N) is 1. The molecule has 0 radical (unpaired) electrons. The smallest absolute Gasteiger partial charge is 0.344 e. The van der Waals surface area contributed by atoms with Gasteiger partial charge >= 0.3 is 5.97 Å². The number of ether oxygens (including phenoxy) is 1. The molecule has 0 saturated carbocycles. The maximum absolute atomic E-state index is 12.0. The molecule has 0 aliphatic rings. The predicted molar refractivity (Wildman–Crippen MR) is 87.6 cm³/mol. The number of benzene rings is 1. The highest BCUT2D eigenvalue weighted by atomic mass is 16.5. The maximum Gasteiger partial charge on any atom is 0.344 e. The summed E-state index contributed by atoms with van der Waals surface area (Å²) in [5.74, 6) is 0.340. The molecule has 122 valence electrons. The van der Waals surface area contributed by atoms with Crippen LogP contribution in [0.3, 0.4) is 0 Å². The standard InChI is InChI=1S/C18H16N2O4/c1-11-8-16(21)14(9-19-11)18(22)23-10-15-12(2)24-17(20-15)13-6-4-3-5-7-13/h3-9H,10H2,1-2H3,(H,19,21). The fraction of sp³-hybridized carbons (Fsp3) is 0.167. The van der Waals surface area contributed by atoms with Gasteiger partial charge in [0.1, 0.15) is 23.6 Å². The van der Waals surface area contributed by atoms with Crippen LogP contribution in [0.1, 0.15) is 27.5 Å². The normalized spacial score (nSPS) is 10.6. The third-order valence-corrected chi connectivity index (χ3v) is 3.53. The lowest BCUT2D eigenvalue weighted by atomic mass is 10.2. The summed E-state index contributed by atoms with van der Waals surface area (Å²) < 4.78 is 10.8. The number of carbonyl (C=O) groups is 1. The first-order valence-electron chi connectivity index (χ1n) is 7.43. The van der Waals surface area contributed by atoms with Crippen molar-refractivity contribution in [3.8, 4) is 11.5 Å². The molecule has 0 spiro atoms. The SMILES string of the molecule is Cc1cc(=O)c(C(=O)OCc2nc(-c3ccccc3)oc2C)c[nH]1. The van der Waals surface area contributed by atoms with E-state index in [2.05, 4.69) is 9.97 Å². The Kier molecular flexibility index (Phi) is 4.29. The Hall–Kier alpha value is -3.15. The van der Waals surface area contributed by atoms with Crippen LogP contribution in [0.2, 0.25) is 0 Å². The van der Waals surface area contributed by atoms with Gasteiger partial charge in [0.15, 0.2) is 5.43 Å². The highest BCUT2D eigenvalue weighted by molar-refractivity contribution is 5.88. The largest absolute Gasteiger partial charge is 0.455 e. The Morgan fingerprint density at radius 3 is 2.71 bits per heavy atom. The van der Waals surface area contributed by atoms with Gasteiger partial charge in [-0.3, -0.25) is 4.79 Å². The molecule has 2 aromatic heterocycles.